The van der Waals surface area contributed by atoms with E-state index >= 15 is 0 Å². The van der Waals surface area contributed by atoms with E-state index in [1.165, 1.54) is 0 Å². The molecule has 3 rings (SSSR count). The summed E-state index contributed by atoms with van der Waals surface area (Å²) in [7, 11) is 1.56. The SMILES string of the molecule is COC12C=CC=CC1N[C@@]1(NC(=O)C(F)(F)F)CCCC[C@@H]21. The van der Waals surface area contributed by atoms with Gasteiger partial charge in [-0.3, -0.25) is 10.1 Å². The Morgan fingerprint density at radius 1 is 1.36 bits per heavy atom. The molecule has 0 aromatic rings. The third-order valence-corrected chi connectivity index (χ3v) is 5.07. The van der Waals surface area contributed by atoms with E-state index in [-0.39, 0.29) is 12.0 Å². The molecule has 4 nitrogen and oxygen atoms in total. The molecule has 1 heterocycles. The molecular formula is C15H19F3N2O2. The summed E-state index contributed by atoms with van der Waals surface area (Å²) in [5.41, 5.74) is -1.79. The van der Waals surface area contributed by atoms with Crippen molar-refractivity contribution in [2.75, 3.05) is 7.11 Å². The number of hydrogen-bond donors (Lipinski definition) is 2. The molecule has 7 heteroatoms. The van der Waals surface area contributed by atoms with Crippen molar-refractivity contribution in [2.45, 2.75) is 49.2 Å². The molecule has 0 radical (unpaired) electrons. The first-order valence-corrected chi connectivity index (χ1v) is 7.42. The smallest absolute Gasteiger partial charge is 0.372 e. The van der Waals surface area contributed by atoms with Crippen molar-refractivity contribution < 1.29 is 22.7 Å². The second-order valence-corrected chi connectivity index (χ2v) is 6.15. The minimum absolute atomic E-state index is 0.240. The molecule has 4 atom stereocenters. The normalized spacial score (nSPS) is 40.2. The minimum atomic E-state index is -4.89. The average Bonchev–Trinajstić information content (AvgIpc) is 2.76. The fourth-order valence-electron chi connectivity index (χ4n) is 4.16. The fourth-order valence-corrected chi connectivity index (χ4v) is 4.16. The Morgan fingerprint density at radius 3 is 2.82 bits per heavy atom. The Labute approximate surface area is 126 Å². The van der Waals surface area contributed by atoms with Gasteiger partial charge in [-0.25, -0.2) is 0 Å². The van der Waals surface area contributed by atoms with E-state index in [0.717, 1.165) is 12.8 Å². The number of hydrogen-bond acceptors (Lipinski definition) is 3. The van der Waals surface area contributed by atoms with Gasteiger partial charge in [0.1, 0.15) is 5.60 Å². The van der Waals surface area contributed by atoms with Crippen LogP contribution in [0.3, 0.4) is 0 Å². The van der Waals surface area contributed by atoms with Crippen molar-refractivity contribution in [3.05, 3.63) is 24.3 Å². The molecule has 3 aliphatic rings. The van der Waals surface area contributed by atoms with E-state index in [4.69, 9.17) is 4.74 Å². The van der Waals surface area contributed by atoms with Gasteiger partial charge in [-0.2, -0.15) is 13.2 Å². The predicted octanol–water partition coefficient (Wildman–Crippen LogP) is 2.03. The zero-order valence-electron chi connectivity index (χ0n) is 12.2. The van der Waals surface area contributed by atoms with Crippen LogP contribution in [0.25, 0.3) is 0 Å². The van der Waals surface area contributed by atoms with Gasteiger partial charge in [0.15, 0.2) is 0 Å². The molecule has 0 aromatic heterocycles. The van der Waals surface area contributed by atoms with Crippen LogP contribution in [0.2, 0.25) is 0 Å². The van der Waals surface area contributed by atoms with Crippen molar-refractivity contribution in [3.8, 4) is 0 Å². The third-order valence-electron chi connectivity index (χ3n) is 5.07. The van der Waals surface area contributed by atoms with Gasteiger partial charge in [0.2, 0.25) is 0 Å². The zero-order chi connectivity index (χ0) is 16.0. The van der Waals surface area contributed by atoms with Gasteiger partial charge in [-0.15, -0.1) is 0 Å². The van der Waals surface area contributed by atoms with Crippen molar-refractivity contribution >= 4 is 5.91 Å². The maximum Gasteiger partial charge on any atom is 0.471 e. The summed E-state index contributed by atoms with van der Waals surface area (Å²) in [6.07, 6.45) is 5.40. The maximum absolute atomic E-state index is 12.7. The molecule has 0 aromatic carbocycles. The molecule has 0 bridgehead atoms. The lowest BCUT2D eigenvalue weighted by Crippen LogP contribution is -2.63. The molecule has 0 spiro atoms. The van der Waals surface area contributed by atoms with Crippen molar-refractivity contribution in [3.63, 3.8) is 0 Å². The van der Waals surface area contributed by atoms with E-state index < -0.39 is 23.3 Å². The van der Waals surface area contributed by atoms with Crippen LogP contribution >= 0.6 is 0 Å². The molecule has 1 amide bonds. The topological polar surface area (TPSA) is 50.4 Å². The van der Waals surface area contributed by atoms with E-state index in [1.807, 2.05) is 24.3 Å². The predicted molar refractivity (Wildman–Crippen MR) is 73.8 cm³/mol. The summed E-state index contributed by atoms with van der Waals surface area (Å²) in [5, 5.41) is 5.44. The van der Waals surface area contributed by atoms with Crippen LogP contribution in [0.1, 0.15) is 25.7 Å². The Bertz CT molecular complexity index is 531. The van der Waals surface area contributed by atoms with E-state index in [0.29, 0.717) is 12.8 Å². The molecule has 1 saturated carbocycles. The Balaban J connectivity index is 1.97. The summed E-state index contributed by atoms with van der Waals surface area (Å²) >= 11 is 0. The first-order valence-electron chi connectivity index (χ1n) is 7.42. The molecule has 2 N–H and O–H groups in total. The third kappa shape index (κ3) is 2.18. The number of halogens is 3. The van der Waals surface area contributed by atoms with E-state index in [1.54, 1.807) is 7.11 Å². The first-order chi connectivity index (χ1) is 10.3. The number of carbonyl (C=O) groups excluding carboxylic acids is 1. The number of allylic oxidation sites excluding steroid dienone is 2. The van der Waals surface area contributed by atoms with Crippen LogP contribution in [0.4, 0.5) is 13.2 Å². The monoisotopic (exact) mass is 316 g/mol. The average molecular weight is 316 g/mol. The van der Waals surface area contributed by atoms with Gasteiger partial charge in [0.25, 0.3) is 0 Å². The summed E-state index contributed by atoms with van der Waals surface area (Å²) in [6.45, 7) is 0. The second kappa shape index (κ2) is 5.09. The molecule has 122 valence electrons. The van der Waals surface area contributed by atoms with Crippen LogP contribution in [0.5, 0.6) is 0 Å². The van der Waals surface area contributed by atoms with Crippen molar-refractivity contribution in [2.24, 2.45) is 5.92 Å². The van der Waals surface area contributed by atoms with Crippen LogP contribution in [-0.4, -0.2) is 36.5 Å². The lowest BCUT2D eigenvalue weighted by atomic mass is 9.70. The number of methoxy groups -OCH3 is 1. The lowest BCUT2D eigenvalue weighted by molar-refractivity contribution is -0.177. The Hall–Kier alpha value is -1.34. The van der Waals surface area contributed by atoms with Crippen molar-refractivity contribution in [1.29, 1.82) is 0 Å². The zero-order valence-corrected chi connectivity index (χ0v) is 12.2. The Kier molecular flexibility index (Phi) is 3.60. The highest BCUT2D eigenvalue weighted by molar-refractivity contribution is 5.82. The maximum atomic E-state index is 12.7. The van der Waals surface area contributed by atoms with Crippen LogP contribution in [-0.2, 0) is 9.53 Å². The van der Waals surface area contributed by atoms with E-state index in [9.17, 15) is 18.0 Å². The van der Waals surface area contributed by atoms with Crippen LogP contribution < -0.4 is 10.6 Å². The number of carbonyl (C=O) groups is 1. The van der Waals surface area contributed by atoms with Gasteiger partial charge in [0.05, 0.1) is 11.7 Å². The number of ether oxygens (including phenoxy) is 1. The number of alkyl halides is 3. The first kappa shape index (κ1) is 15.6. The molecule has 2 aliphatic carbocycles. The molecular weight excluding hydrogens is 297 g/mol. The summed E-state index contributed by atoms with van der Waals surface area (Å²) in [6, 6.07) is -0.251. The van der Waals surface area contributed by atoms with Crippen molar-refractivity contribution in [1.82, 2.24) is 10.6 Å². The Morgan fingerprint density at radius 2 is 2.14 bits per heavy atom. The highest BCUT2D eigenvalue weighted by Crippen LogP contribution is 2.49. The fraction of sp³-hybridized carbons (Fsp3) is 0.667. The highest BCUT2D eigenvalue weighted by Gasteiger charge is 2.63. The van der Waals surface area contributed by atoms with Crippen LogP contribution in [0.15, 0.2) is 24.3 Å². The highest BCUT2D eigenvalue weighted by atomic mass is 19.4. The van der Waals surface area contributed by atoms with Gasteiger partial charge in [-0.1, -0.05) is 30.7 Å². The molecule has 22 heavy (non-hydrogen) atoms. The molecule has 1 saturated heterocycles. The number of nitrogens with one attached hydrogen (secondary N) is 2. The number of amides is 1. The number of rotatable bonds is 2. The largest absolute Gasteiger partial charge is 0.471 e. The quantitative estimate of drug-likeness (QED) is 0.820. The van der Waals surface area contributed by atoms with E-state index in [2.05, 4.69) is 10.6 Å². The van der Waals surface area contributed by atoms with Gasteiger partial charge in [-0.05, 0) is 19.3 Å². The molecule has 1 aliphatic heterocycles. The molecule has 2 unspecified atom stereocenters. The van der Waals surface area contributed by atoms with Gasteiger partial charge < -0.3 is 10.1 Å². The number of fused-ring (bicyclic) bond motifs is 3. The lowest BCUT2D eigenvalue weighted by Gasteiger charge is -2.44. The second-order valence-electron chi connectivity index (χ2n) is 6.15. The summed E-state index contributed by atoms with van der Waals surface area (Å²) in [4.78, 5) is 11.5. The summed E-state index contributed by atoms with van der Waals surface area (Å²) in [5.74, 6) is -2.14. The minimum Gasteiger partial charge on any atom is -0.372 e. The van der Waals surface area contributed by atoms with Crippen LogP contribution in [0, 0.1) is 5.92 Å². The standard InChI is InChI=1S/C15H19F3N2O2/c1-22-13-8-4-3-7-11(13)19-14(9-5-2-6-10(13)14)20-12(21)15(16,17)18/h3-4,7-8,10-11,19H,2,5-6,9H2,1H3,(H,20,21)/t10-,11?,13?,14+/m0/s1. The van der Waals surface area contributed by atoms with Gasteiger partial charge in [0, 0.05) is 13.0 Å². The summed E-state index contributed by atoms with van der Waals surface area (Å²) < 4.78 is 43.9. The molecule has 2 fully saturated rings. The van der Waals surface area contributed by atoms with Gasteiger partial charge >= 0.3 is 12.1 Å².